The molecule has 138 valence electrons. The molecule has 2 amide bonds. The van der Waals surface area contributed by atoms with Crippen LogP contribution in [0.5, 0.6) is 0 Å². The summed E-state index contributed by atoms with van der Waals surface area (Å²) in [4.78, 5) is 23.6. The molecule has 1 aromatic carbocycles. The first-order valence-electron chi connectivity index (χ1n) is 8.76. The number of carbonyl (C=O) groups is 2. The predicted octanol–water partition coefficient (Wildman–Crippen LogP) is 1.81. The number of amides is 2. The molecule has 26 heavy (non-hydrogen) atoms. The van der Waals surface area contributed by atoms with Gasteiger partial charge in [0.05, 0.1) is 29.6 Å². The highest BCUT2D eigenvalue weighted by Crippen LogP contribution is 2.42. The summed E-state index contributed by atoms with van der Waals surface area (Å²) < 4.78 is 30.6. The number of piperidine rings is 2. The van der Waals surface area contributed by atoms with Crippen LogP contribution in [0.4, 0.5) is 8.78 Å². The maximum absolute atomic E-state index is 14.5. The van der Waals surface area contributed by atoms with Gasteiger partial charge in [0.1, 0.15) is 0 Å². The quantitative estimate of drug-likeness (QED) is 0.799. The van der Waals surface area contributed by atoms with E-state index >= 15 is 0 Å². The number of para-hydroxylation sites is 1. The van der Waals surface area contributed by atoms with Gasteiger partial charge in [-0.15, -0.1) is 0 Å². The molecular formula is C18H20F2N4O2. The van der Waals surface area contributed by atoms with Crippen molar-refractivity contribution in [1.82, 2.24) is 20.4 Å². The molecular weight excluding hydrogens is 342 g/mol. The molecule has 0 aliphatic carbocycles. The normalized spacial score (nSPS) is 26.1. The molecule has 2 saturated heterocycles. The Balaban J connectivity index is 1.82. The molecule has 6 nitrogen and oxygen atoms in total. The third-order valence-corrected chi connectivity index (χ3v) is 5.35. The van der Waals surface area contributed by atoms with Crippen LogP contribution in [-0.4, -0.2) is 40.6 Å². The lowest BCUT2D eigenvalue weighted by Gasteiger charge is -2.32. The van der Waals surface area contributed by atoms with E-state index in [1.54, 1.807) is 23.9 Å². The highest BCUT2D eigenvalue weighted by molar-refractivity contribution is 6.02. The minimum Gasteiger partial charge on any atom is -0.311 e. The Bertz CT molecular complexity index is 893. The first-order valence-corrected chi connectivity index (χ1v) is 8.76. The van der Waals surface area contributed by atoms with E-state index in [1.165, 1.54) is 0 Å². The number of halogens is 2. The summed E-state index contributed by atoms with van der Waals surface area (Å²) >= 11 is 0. The summed E-state index contributed by atoms with van der Waals surface area (Å²) in [7, 11) is 1.71. The largest absolute Gasteiger partial charge is 0.311 e. The van der Waals surface area contributed by atoms with Gasteiger partial charge >= 0.3 is 0 Å². The van der Waals surface area contributed by atoms with Gasteiger partial charge in [0.15, 0.2) is 0 Å². The second-order valence-corrected chi connectivity index (χ2v) is 7.04. The third kappa shape index (κ3) is 2.68. The van der Waals surface area contributed by atoms with E-state index in [-0.39, 0.29) is 24.8 Å². The summed E-state index contributed by atoms with van der Waals surface area (Å²) in [5.74, 6) is -4.94. The van der Waals surface area contributed by atoms with E-state index in [1.807, 2.05) is 6.07 Å². The lowest BCUT2D eigenvalue weighted by atomic mass is 9.85. The minimum atomic E-state index is -2.84. The number of rotatable bonds is 2. The average Bonchev–Trinajstić information content (AvgIpc) is 2.92. The van der Waals surface area contributed by atoms with Gasteiger partial charge in [-0.25, -0.2) is 8.78 Å². The van der Waals surface area contributed by atoms with Gasteiger partial charge in [0, 0.05) is 18.9 Å². The molecule has 0 spiro atoms. The second kappa shape index (κ2) is 6.12. The number of aromatic nitrogens is 2. The predicted molar refractivity (Wildman–Crippen MR) is 91.0 cm³/mol. The molecule has 0 bridgehead atoms. The van der Waals surface area contributed by atoms with Gasteiger partial charge in [0.2, 0.25) is 11.8 Å². The van der Waals surface area contributed by atoms with Crippen LogP contribution in [0.1, 0.15) is 42.4 Å². The first kappa shape index (κ1) is 17.1. The number of hydrogen-bond acceptors (Lipinski definition) is 4. The highest BCUT2D eigenvalue weighted by Gasteiger charge is 2.43. The fraction of sp³-hybridized carbons (Fsp3) is 0.500. The molecule has 0 saturated carbocycles. The second-order valence-electron chi connectivity index (χ2n) is 7.04. The van der Waals surface area contributed by atoms with Crippen LogP contribution in [-0.2, 0) is 16.6 Å². The lowest BCUT2D eigenvalue weighted by Crippen LogP contribution is -2.44. The van der Waals surface area contributed by atoms with E-state index in [2.05, 4.69) is 15.7 Å². The number of carbonyl (C=O) groups excluding carboxylic acids is 2. The Hall–Kier alpha value is -2.35. The number of nitrogens with zero attached hydrogens (tertiary/aromatic N) is 2. The molecule has 2 fully saturated rings. The maximum atomic E-state index is 14.5. The number of alkyl halides is 2. The first-order chi connectivity index (χ1) is 12.4. The van der Waals surface area contributed by atoms with Crippen molar-refractivity contribution < 1.29 is 18.4 Å². The fourth-order valence-corrected chi connectivity index (χ4v) is 4.11. The summed E-state index contributed by atoms with van der Waals surface area (Å²) in [5, 5.41) is 10.3. The monoisotopic (exact) mass is 362 g/mol. The summed E-state index contributed by atoms with van der Waals surface area (Å²) in [6.07, 6.45) is 0.968. The number of aryl methyl sites for hydroxylation is 1. The molecule has 2 N–H and O–H groups in total. The van der Waals surface area contributed by atoms with E-state index in [0.29, 0.717) is 41.5 Å². The maximum Gasteiger partial charge on any atom is 0.267 e. The van der Waals surface area contributed by atoms with Gasteiger partial charge in [0.25, 0.3) is 5.92 Å². The Morgan fingerprint density at radius 2 is 2.08 bits per heavy atom. The van der Waals surface area contributed by atoms with Crippen molar-refractivity contribution >= 4 is 22.7 Å². The molecule has 2 aromatic rings. The van der Waals surface area contributed by atoms with Crippen molar-refractivity contribution in [3.8, 4) is 0 Å². The molecule has 2 atom stereocenters. The smallest absolute Gasteiger partial charge is 0.267 e. The van der Waals surface area contributed by atoms with E-state index < -0.39 is 17.8 Å². The Labute approximate surface area is 148 Å². The fourth-order valence-electron chi connectivity index (χ4n) is 4.11. The average molecular weight is 362 g/mol. The van der Waals surface area contributed by atoms with Crippen LogP contribution in [0.15, 0.2) is 18.2 Å². The van der Waals surface area contributed by atoms with Crippen LogP contribution in [0.2, 0.25) is 0 Å². The summed E-state index contributed by atoms with van der Waals surface area (Å²) in [6.45, 7) is 0.195. The number of imide groups is 1. The topological polar surface area (TPSA) is 76.0 Å². The van der Waals surface area contributed by atoms with Crippen molar-refractivity contribution in [1.29, 1.82) is 0 Å². The Kier molecular flexibility index (Phi) is 4.02. The van der Waals surface area contributed by atoms with Gasteiger partial charge in [-0.1, -0.05) is 18.2 Å². The van der Waals surface area contributed by atoms with Crippen LogP contribution in [0.25, 0.3) is 10.9 Å². The molecule has 8 heteroatoms. The van der Waals surface area contributed by atoms with Crippen molar-refractivity contribution in [2.45, 2.75) is 37.0 Å². The van der Waals surface area contributed by atoms with Crippen LogP contribution in [0, 0.1) is 0 Å². The van der Waals surface area contributed by atoms with E-state index in [9.17, 15) is 18.4 Å². The summed E-state index contributed by atoms with van der Waals surface area (Å²) in [5.41, 5.74) is 1.74. The summed E-state index contributed by atoms with van der Waals surface area (Å²) in [6, 6.07) is 5.28. The third-order valence-electron chi connectivity index (χ3n) is 5.35. The van der Waals surface area contributed by atoms with Crippen LogP contribution in [0.3, 0.4) is 0 Å². The standard InChI is InChI=1S/C18H20F2N4O2/c1-24-16-10(13-7-8-21-9-18(13,19)20)3-2-4-11(16)15(23-24)12-5-6-14(25)22-17(12)26/h2-4,12-13,21H,5-9H2,1H3,(H,22,25,26)/t12?,13-/m1/s1. The molecule has 3 heterocycles. The number of fused-ring (bicyclic) bond motifs is 1. The van der Waals surface area contributed by atoms with Gasteiger partial charge in [-0.3, -0.25) is 19.6 Å². The number of nitrogens with one attached hydrogen (secondary N) is 2. The highest BCUT2D eigenvalue weighted by atomic mass is 19.3. The molecule has 4 rings (SSSR count). The minimum absolute atomic E-state index is 0.251. The lowest BCUT2D eigenvalue weighted by molar-refractivity contribution is -0.134. The molecule has 1 aromatic heterocycles. The molecule has 2 aliphatic rings. The van der Waals surface area contributed by atoms with Gasteiger partial charge in [-0.2, -0.15) is 5.10 Å². The van der Waals surface area contributed by atoms with Crippen molar-refractivity contribution in [3.63, 3.8) is 0 Å². The zero-order chi connectivity index (χ0) is 18.5. The van der Waals surface area contributed by atoms with Crippen LogP contribution >= 0.6 is 0 Å². The van der Waals surface area contributed by atoms with E-state index in [4.69, 9.17) is 0 Å². The molecule has 2 aliphatic heterocycles. The van der Waals surface area contributed by atoms with Crippen molar-refractivity contribution in [3.05, 3.63) is 29.5 Å². The molecule has 0 radical (unpaired) electrons. The van der Waals surface area contributed by atoms with Crippen molar-refractivity contribution in [2.24, 2.45) is 7.05 Å². The SMILES string of the molecule is Cn1nc(C2CCC(=O)NC2=O)c2cccc([C@H]3CCNCC3(F)F)c21. The zero-order valence-electron chi connectivity index (χ0n) is 14.4. The Morgan fingerprint density at radius 1 is 1.27 bits per heavy atom. The number of benzene rings is 1. The van der Waals surface area contributed by atoms with E-state index in [0.717, 1.165) is 0 Å². The van der Waals surface area contributed by atoms with Gasteiger partial charge < -0.3 is 5.32 Å². The zero-order valence-corrected chi connectivity index (χ0v) is 14.4. The number of hydrogen-bond donors (Lipinski definition) is 2. The van der Waals surface area contributed by atoms with Gasteiger partial charge in [-0.05, 0) is 24.9 Å². The molecule has 1 unspecified atom stereocenters. The van der Waals surface area contributed by atoms with Crippen LogP contribution < -0.4 is 10.6 Å². The Morgan fingerprint density at radius 3 is 2.81 bits per heavy atom. The van der Waals surface area contributed by atoms with Crippen molar-refractivity contribution in [2.75, 3.05) is 13.1 Å².